The van der Waals surface area contributed by atoms with Gasteiger partial charge in [0, 0.05) is 18.6 Å². The van der Waals surface area contributed by atoms with Crippen LogP contribution in [-0.4, -0.2) is 31.7 Å². The van der Waals surface area contributed by atoms with Gasteiger partial charge in [-0.1, -0.05) is 6.07 Å². The number of aryl methyl sites for hydroxylation is 1. The van der Waals surface area contributed by atoms with Crippen molar-refractivity contribution in [2.45, 2.75) is 12.8 Å². The van der Waals surface area contributed by atoms with Gasteiger partial charge in [0.25, 0.3) is 5.69 Å². The number of hydrogen-bond donors (Lipinski definition) is 1. The van der Waals surface area contributed by atoms with Crippen LogP contribution >= 0.6 is 0 Å². The van der Waals surface area contributed by atoms with Gasteiger partial charge in [-0.2, -0.15) is 4.68 Å². The van der Waals surface area contributed by atoms with Gasteiger partial charge in [0.1, 0.15) is 0 Å². The molecule has 1 heterocycles. The maximum Gasteiger partial charge on any atom is 0.271 e. The highest BCUT2D eigenvalue weighted by atomic mass is 16.6. The topological polar surface area (TPSA) is 113 Å². The molecule has 0 radical (unpaired) electrons. The second-order valence-corrected chi connectivity index (χ2v) is 3.68. The van der Waals surface area contributed by atoms with Crippen molar-refractivity contribution in [1.29, 1.82) is 0 Å². The quantitative estimate of drug-likeness (QED) is 0.607. The van der Waals surface area contributed by atoms with Crippen LogP contribution in [0.4, 0.5) is 5.69 Å². The SMILES string of the molecule is NCCCc1nnnn1-c1cccc([N+](=O)[O-])c1. The van der Waals surface area contributed by atoms with Crippen LogP contribution in [0.2, 0.25) is 0 Å². The maximum absolute atomic E-state index is 10.7. The summed E-state index contributed by atoms with van der Waals surface area (Å²) in [4.78, 5) is 10.3. The molecule has 2 aromatic rings. The normalized spacial score (nSPS) is 10.5. The summed E-state index contributed by atoms with van der Waals surface area (Å²) in [5.74, 6) is 0.640. The third kappa shape index (κ3) is 2.48. The highest BCUT2D eigenvalue weighted by Gasteiger charge is 2.11. The summed E-state index contributed by atoms with van der Waals surface area (Å²) < 4.78 is 1.49. The average Bonchev–Trinajstić information content (AvgIpc) is 2.84. The van der Waals surface area contributed by atoms with Crippen LogP contribution < -0.4 is 5.73 Å². The third-order valence-electron chi connectivity index (χ3n) is 2.42. The molecule has 1 aromatic heterocycles. The van der Waals surface area contributed by atoms with Gasteiger partial charge in [-0.05, 0) is 29.5 Å². The number of rotatable bonds is 5. The number of non-ortho nitro benzene ring substituents is 1. The molecule has 2 N–H and O–H groups in total. The molecule has 0 fully saturated rings. The number of tetrazole rings is 1. The van der Waals surface area contributed by atoms with Crippen molar-refractivity contribution < 1.29 is 4.92 Å². The van der Waals surface area contributed by atoms with E-state index in [1.807, 2.05) is 0 Å². The predicted octanol–water partition coefficient (Wildman–Crippen LogP) is 0.462. The molecule has 0 aliphatic carbocycles. The van der Waals surface area contributed by atoms with Crippen LogP contribution in [-0.2, 0) is 6.42 Å². The van der Waals surface area contributed by atoms with Crippen LogP contribution in [0.5, 0.6) is 0 Å². The molecule has 1 aromatic carbocycles. The molecular weight excluding hydrogens is 236 g/mol. The van der Waals surface area contributed by atoms with Crippen LogP contribution in [0, 0.1) is 10.1 Å². The van der Waals surface area contributed by atoms with E-state index in [1.165, 1.54) is 16.8 Å². The van der Waals surface area contributed by atoms with Crippen LogP contribution in [0.1, 0.15) is 12.2 Å². The fourth-order valence-electron chi connectivity index (χ4n) is 1.56. The lowest BCUT2D eigenvalue weighted by atomic mass is 10.2. The van der Waals surface area contributed by atoms with E-state index in [-0.39, 0.29) is 5.69 Å². The van der Waals surface area contributed by atoms with Crippen molar-refractivity contribution in [2.24, 2.45) is 5.73 Å². The Hall–Kier alpha value is -2.35. The summed E-state index contributed by atoms with van der Waals surface area (Å²) >= 11 is 0. The molecule has 0 saturated carbocycles. The Morgan fingerprint density at radius 2 is 2.28 bits per heavy atom. The van der Waals surface area contributed by atoms with Gasteiger partial charge >= 0.3 is 0 Å². The zero-order chi connectivity index (χ0) is 13.0. The fraction of sp³-hybridized carbons (Fsp3) is 0.300. The minimum absolute atomic E-state index is 0.00720. The first-order valence-corrected chi connectivity index (χ1v) is 5.44. The van der Waals surface area contributed by atoms with Gasteiger partial charge in [0.2, 0.25) is 0 Å². The second-order valence-electron chi connectivity index (χ2n) is 3.68. The van der Waals surface area contributed by atoms with Crippen LogP contribution in [0.25, 0.3) is 5.69 Å². The van der Waals surface area contributed by atoms with Crippen molar-refractivity contribution in [2.75, 3.05) is 6.54 Å². The largest absolute Gasteiger partial charge is 0.330 e. The number of hydrogen-bond acceptors (Lipinski definition) is 6. The lowest BCUT2D eigenvalue weighted by molar-refractivity contribution is -0.384. The molecule has 0 spiro atoms. The minimum Gasteiger partial charge on any atom is -0.330 e. The van der Waals surface area contributed by atoms with Gasteiger partial charge < -0.3 is 5.73 Å². The number of benzene rings is 1. The van der Waals surface area contributed by atoms with E-state index in [9.17, 15) is 10.1 Å². The highest BCUT2D eigenvalue weighted by Crippen LogP contribution is 2.16. The minimum atomic E-state index is -0.451. The molecule has 0 amide bonds. The molecule has 0 aliphatic rings. The molecule has 94 valence electrons. The van der Waals surface area contributed by atoms with E-state index in [0.29, 0.717) is 24.5 Å². The summed E-state index contributed by atoms with van der Waals surface area (Å²) in [6, 6.07) is 6.17. The van der Waals surface area contributed by atoms with E-state index in [2.05, 4.69) is 15.5 Å². The van der Waals surface area contributed by atoms with Gasteiger partial charge in [0.15, 0.2) is 5.82 Å². The fourth-order valence-corrected chi connectivity index (χ4v) is 1.56. The molecule has 18 heavy (non-hydrogen) atoms. The molecule has 0 saturated heterocycles. The van der Waals surface area contributed by atoms with Gasteiger partial charge in [-0.25, -0.2) is 0 Å². The zero-order valence-electron chi connectivity index (χ0n) is 9.56. The Labute approximate surface area is 103 Å². The molecule has 0 unspecified atom stereocenters. The molecule has 0 atom stereocenters. The summed E-state index contributed by atoms with van der Waals surface area (Å²) in [7, 11) is 0. The summed E-state index contributed by atoms with van der Waals surface area (Å²) in [6.45, 7) is 0.543. The van der Waals surface area contributed by atoms with Gasteiger partial charge in [0.05, 0.1) is 10.6 Å². The van der Waals surface area contributed by atoms with E-state index in [0.717, 1.165) is 6.42 Å². The van der Waals surface area contributed by atoms with E-state index >= 15 is 0 Å². The maximum atomic E-state index is 10.7. The average molecular weight is 248 g/mol. The number of nitrogens with two attached hydrogens (primary N) is 1. The monoisotopic (exact) mass is 248 g/mol. The first-order valence-electron chi connectivity index (χ1n) is 5.44. The first-order chi connectivity index (χ1) is 8.72. The number of nitro benzene ring substituents is 1. The lowest BCUT2D eigenvalue weighted by Crippen LogP contribution is -2.07. The van der Waals surface area contributed by atoms with Gasteiger partial charge in [-0.3, -0.25) is 10.1 Å². The Morgan fingerprint density at radius 1 is 1.44 bits per heavy atom. The van der Waals surface area contributed by atoms with E-state index in [4.69, 9.17) is 5.73 Å². The number of nitrogens with zero attached hydrogens (tertiary/aromatic N) is 5. The van der Waals surface area contributed by atoms with E-state index in [1.54, 1.807) is 12.1 Å². The predicted molar refractivity (Wildman–Crippen MR) is 63.2 cm³/mol. The van der Waals surface area contributed by atoms with Crippen molar-refractivity contribution in [3.63, 3.8) is 0 Å². The highest BCUT2D eigenvalue weighted by molar-refractivity contribution is 5.42. The van der Waals surface area contributed by atoms with Crippen molar-refractivity contribution in [1.82, 2.24) is 20.2 Å². The molecule has 8 nitrogen and oxygen atoms in total. The molecule has 0 bridgehead atoms. The smallest absolute Gasteiger partial charge is 0.271 e. The van der Waals surface area contributed by atoms with Crippen molar-refractivity contribution in [3.8, 4) is 5.69 Å². The molecule has 0 aliphatic heterocycles. The number of nitro groups is 1. The first kappa shape index (κ1) is 12.1. The third-order valence-corrected chi connectivity index (χ3v) is 2.42. The Kier molecular flexibility index (Phi) is 3.58. The van der Waals surface area contributed by atoms with Crippen LogP contribution in [0.15, 0.2) is 24.3 Å². The van der Waals surface area contributed by atoms with Crippen molar-refractivity contribution in [3.05, 3.63) is 40.2 Å². The molecular formula is C10H12N6O2. The second kappa shape index (κ2) is 5.32. The van der Waals surface area contributed by atoms with Gasteiger partial charge in [-0.15, -0.1) is 5.10 Å². The zero-order valence-corrected chi connectivity index (χ0v) is 9.56. The molecule has 2 rings (SSSR count). The Morgan fingerprint density at radius 3 is 3.00 bits per heavy atom. The Balaban J connectivity index is 2.33. The standard InChI is InChI=1S/C10H12N6O2/c11-6-2-5-10-12-13-14-15(10)8-3-1-4-9(7-8)16(17)18/h1,3-4,7H,2,5-6,11H2. The van der Waals surface area contributed by atoms with Crippen LogP contribution in [0.3, 0.4) is 0 Å². The summed E-state index contributed by atoms with van der Waals surface area (Å²) in [5.41, 5.74) is 6.01. The van der Waals surface area contributed by atoms with E-state index < -0.39 is 4.92 Å². The Bertz CT molecular complexity index is 553. The van der Waals surface area contributed by atoms with Crippen molar-refractivity contribution >= 4 is 5.69 Å². The number of aromatic nitrogens is 4. The summed E-state index contributed by atoms with van der Waals surface area (Å²) in [5, 5.41) is 22.0. The lowest BCUT2D eigenvalue weighted by Gasteiger charge is -2.03. The summed E-state index contributed by atoms with van der Waals surface area (Å²) in [6.07, 6.45) is 1.39. The molecule has 8 heteroatoms.